The van der Waals surface area contributed by atoms with Gasteiger partial charge in [0.25, 0.3) is 0 Å². The predicted octanol–water partition coefficient (Wildman–Crippen LogP) is 4.33. The van der Waals surface area contributed by atoms with Crippen LogP contribution in [0.15, 0.2) is 34.9 Å². The van der Waals surface area contributed by atoms with Gasteiger partial charge in [-0.3, -0.25) is 4.68 Å². The first kappa shape index (κ1) is 15.5. The first-order valence-corrected chi connectivity index (χ1v) is 7.68. The molecule has 1 aromatic heterocycles. The van der Waals surface area contributed by atoms with Crippen LogP contribution < -0.4 is 0 Å². The summed E-state index contributed by atoms with van der Waals surface area (Å²) < 4.78 is 2.80. The second-order valence-corrected chi connectivity index (χ2v) is 6.78. The maximum Gasteiger partial charge on any atom is 0.109 e. The molecular formula is C15H18BrClN2O. The summed E-state index contributed by atoms with van der Waals surface area (Å²) in [5, 5.41) is 15.6. The third-order valence-corrected chi connectivity index (χ3v) is 4.02. The summed E-state index contributed by atoms with van der Waals surface area (Å²) in [5.41, 5.74) is 0.647. The van der Waals surface area contributed by atoms with Gasteiger partial charge in [0.15, 0.2) is 0 Å². The van der Waals surface area contributed by atoms with Crippen LogP contribution in [-0.4, -0.2) is 14.9 Å². The van der Waals surface area contributed by atoms with Crippen LogP contribution in [0.3, 0.4) is 0 Å². The number of hydrogen-bond acceptors (Lipinski definition) is 2. The molecule has 20 heavy (non-hydrogen) atoms. The molecule has 2 aromatic rings. The SMILES string of the molecule is CC(C)n1ncc(Cl)c1C(C)(O)Cc1ccc(Br)cc1. The lowest BCUT2D eigenvalue weighted by atomic mass is 9.93. The Labute approximate surface area is 132 Å². The Balaban J connectivity index is 2.35. The summed E-state index contributed by atoms with van der Waals surface area (Å²) in [4.78, 5) is 0. The summed E-state index contributed by atoms with van der Waals surface area (Å²) in [7, 11) is 0. The highest BCUT2D eigenvalue weighted by molar-refractivity contribution is 9.10. The van der Waals surface area contributed by atoms with Crippen molar-refractivity contribution in [1.29, 1.82) is 0 Å². The monoisotopic (exact) mass is 356 g/mol. The van der Waals surface area contributed by atoms with Gasteiger partial charge in [-0.1, -0.05) is 39.7 Å². The van der Waals surface area contributed by atoms with Crippen molar-refractivity contribution in [3.63, 3.8) is 0 Å². The van der Waals surface area contributed by atoms with E-state index in [1.54, 1.807) is 17.8 Å². The Kier molecular flexibility index (Phi) is 4.57. The Morgan fingerprint density at radius 1 is 1.35 bits per heavy atom. The van der Waals surface area contributed by atoms with Crippen molar-refractivity contribution in [3.8, 4) is 0 Å². The van der Waals surface area contributed by atoms with Crippen LogP contribution in [0.25, 0.3) is 0 Å². The molecule has 1 unspecified atom stereocenters. The number of nitrogens with zero attached hydrogens (tertiary/aromatic N) is 2. The minimum Gasteiger partial charge on any atom is -0.383 e. The van der Waals surface area contributed by atoms with Crippen molar-refractivity contribution in [2.75, 3.05) is 0 Å². The molecule has 0 amide bonds. The molecule has 0 saturated carbocycles. The molecule has 0 aliphatic rings. The summed E-state index contributed by atoms with van der Waals surface area (Å²) in [6.07, 6.45) is 2.07. The van der Waals surface area contributed by atoms with Gasteiger partial charge in [-0.05, 0) is 38.5 Å². The first-order chi connectivity index (χ1) is 9.31. The van der Waals surface area contributed by atoms with E-state index in [-0.39, 0.29) is 6.04 Å². The molecule has 0 saturated heterocycles. The Morgan fingerprint density at radius 2 is 1.95 bits per heavy atom. The highest BCUT2D eigenvalue weighted by Gasteiger charge is 2.31. The smallest absolute Gasteiger partial charge is 0.109 e. The second kappa shape index (κ2) is 5.88. The van der Waals surface area contributed by atoms with Gasteiger partial charge in [0.1, 0.15) is 5.60 Å². The zero-order chi connectivity index (χ0) is 14.9. The van der Waals surface area contributed by atoms with E-state index >= 15 is 0 Å². The zero-order valence-corrected chi connectivity index (χ0v) is 14.1. The molecular weight excluding hydrogens is 340 g/mol. The molecule has 1 atom stereocenters. The second-order valence-electron chi connectivity index (χ2n) is 5.46. The minimum atomic E-state index is -1.06. The van der Waals surface area contributed by atoms with E-state index in [9.17, 15) is 5.11 Å². The molecule has 2 rings (SSSR count). The molecule has 5 heteroatoms. The molecule has 0 aliphatic heterocycles. The summed E-state index contributed by atoms with van der Waals surface area (Å²) in [6.45, 7) is 5.81. The fourth-order valence-electron chi connectivity index (χ4n) is 2.32. The summed E-state index contributed by atoms with van der Waals surface area (Å²) in [5.74, 6) is 0. The van der Waals surface area contributed by atoms with Crippen molar-refractivity contribution in [3.05, 3.63) is 51.2 Å². The molecule has 1 N–H and O–H groups in total. The predicted molar refractivity (Wildman–Crippen MR) is 85.0 cm³/mol. The number of hydrogen-bond donors (Lipinski definition) is 1. The van der Waals surface area contributed by atoms with Crippen molar-refractivity contribution >= 4 is 27.5 Å². The highest BCUT2D eigenvalue weighted by atomic mass is 79.9. The van der Waals surface area contributed by atoms with Gasteiger partial charge >= 0.3 is 0 Å². The number of aliphatic hydroxyl groups is 1. The largest absolute Gasteiger partial charge is 0.383 e. The molecule has 1 aromatic carbocycles. The maximum atomic E-state index is 10.9. The Bertz CT molecular complexity index is 590. The molecule has 0 bridgehead atoms. The van der Waals surface area contributed by atoms with Gasteiger partial charge in [-0.25, -0.2) is 0 Å². The van der Waals surface area contributed by atoms with Crippen LogP contribution in [0, 0.1) is 0 Å². The lowest BCUT2D eigenvalue weighted by molar-refractivity contribution is 0.0467. The molecule has 0 fully saturated rings. The van der Waals surface area contributed by atoms with Crippen LogP contribution >= 0.6 is 27.5 Å². The van der Waals surface area contributed by atoms with Crippen LogP contribution in [0.2, 0.25) is 5.02 Å². The number of rotatable bonds is 4. The van der Waals surface area contributed by atoms with E-state index in [1.165, 1.54) is 0 Å². The van der Waals surface area contributed by atoms with Gasteiger partial charge in [0.2, 0.25) is 0 Å². The van der Waals surface area contributed by atoms with E-state index in [2.05, 4.69) is 21.0 Å². The van der Waals surface area contributed by atoms with E-state index < -0.39 is 5.60 Å². The van der Waals surface area contributed by atoms with Gasteiger partial charge in [-0.2, -0.15) is 5.10 Å². The molecule has 0 aliphatic carbocycles. The lowest BCUT2D eigenvalue weighted by Gasteiger charge is -2.26. The Morgan fingerprint density at radius 3 is 2.50 bits per heavy atom. The van der Waals surface area contributed by atoms with Gasteiger partial charge < -0.3 is 5.11 Å². The van der Waals surface area contributed by atoms with Gasteiger partial charge in [0, 0.05) is 16.9 Å². The third-order valence-electron chi connectivity index (χ3n) is 3.21. The van der Waals surface area contributed by atoms with Crippen molar-refractivity contribution in [2.45, 2.75) is 38.8 Å². The summed E-state index contributed by atoms with van der Waals surface area (Å²) in [6, 6.07) is 8.05. The Hall–Kier alpha value is -0.840. The molecule has 108 valence electrons. The number of halogens is 2. The average molecular weight is 358 g/mol. The quantitative estimate of drug-likeness (QED) is 0.884. The van der Waals surface area contributed by atoms with Crippen LogP contribution in [0.1, 0.15) is 38.1 Å². The third kappa shape index (κ3) is 3.25. The molecule has 3 nitrogen and oxygen atoms in total. The van der Waals surface area contributed by atoms with Crippen LogP contribution in [0.5, 0.6) is 0 Å². The average Bonchev–Trinajstić information content (AvgIpc) is 2.75. The fourth-order valence-corrected chi connectivity index (χ4v) is 2.92. The van der Waals surface area contributed by atoms with Crippen molar-refractivity contribution in [2.24, 2.45) is 0 Å². The highest BCUT2D eigenvalue weighted by Crippen LogP contribution is 2.32. The fraction of sp³-hybridized carbons (Fsp3) is 0.400. The maximum absolute atomic E-state index is 10.9. The van der Waals surface area contributed by atoms with E-state index in [1.807, 2.05) is 38.1 Å². The number of benzene rings is 1. The van der Waals surface area contributed by atoms with Gasteiger partial charge in [-0.15, -0.1) is 0 Å². The van der Waals surface area contributed by atoms with Crippen molar-refractivity contribution < 1.29 is 5.11 Å². The van der Waals surface area contributed by atoms with E-state index in [0.717, 1.165) is 10.0 Å². The minimum absolute atomic E-state index is 0.147. The topological polar surface area (TPSA) is 38.0 Å². The van der Waals surface area contributed by atoms with Gasteiger partial charge in [0.05, 0.1) is 16.9 Å². The lowest BCUT2D eigenvalue weighted by Crippen LogP contribution is -2.29. The molecule has 1 heterocycles. The summed E-state index contributed by atoms with van der Waals surface area (Å²) >= 11 is 9.62. The van der Waals surface area contributed by atoms with E-state index in [4.69, 9.17) is 11.6 Å². The molecule has 0 spiro atoms. The van der Waals surface area contributed by atoms with Crippen LogP contribution in [0.4, 0.5) is 0 Å². The van der Waals surface area contributed by atoms with Crippen molar-refractivity contribution in [1.82, 2.24) is 9.78 Å². The zero-order valence-electron chi connectivity index (χ0n) is 11.8. The van der Waals surface area contributed by atoms with E-state index in [0.29, 0.717) is 17.1 Å². The standard InChI is InChI=1S/C15H18BrClN2O/c1-10(2)19-14(13(17)9-18-19)15(3,20)8-11-4-6-12(16)7-5-11/h4-7,9-10,20H,8H2,1-3H3. The normalized spacial score (nSPS) is 14.6. The number of aromatic nitrogens is 2. The first-order valence-electron chi connectivity index (χ1n) is 6.51. The van der Waals surface area contributed by atoms with Crippen LogP contribution in [-0.2, 0) is 12.0 Å². The molecule has 0 radical (unpaired) electrons.